The molecule has 0 spiro atoms. The molecule has 0 aromatic heterocycles. The summed E-state index contributed by atoms with van der Waals surface area (Å²) in [5, 5.41) is 0. The molecule has 0 N–H and O–H groups in total. The lowest BCUT2D eigenvalue weighted by Crippen LogP contribution is -2.14. The molecule has 0 aliphatic rings. The van der Waals surface area contributed by atoms with Gasteiger partial charge in [-0.15, -0.1) is 0 Å². The van der Waals surface area contributed by atoms with Gasteiger partial charge in [0.2, 0.25) is 5.78 Å². The monoisotopic (exact) mass is 372 g/mol. The summed E-state index contributed by atoms with van der Waals surface area (Å²) in [4.78, 5) is 12.5. The maximum absolute atomic E-state index is 14.1. The fourth-order valence-electron chi connectivity index (χ4n) is 2.67. The molecule has 0 aliphatic carbocycles. The highest BCUT2D eigenvalue weighted by molar-refractivity contribution is 6.09. The first-order valence-electron chi connectivity index (χ1n) is 9.02. The lowest BCUT2D eigenvalue weighted by Gasteiger charge is -2.18. The van der Waals surface area contributed by atoms with Gasteiger partial charge in [0.25, 0.3) is 0 Å². The minimum atomic E-state index is -0.534. The molecule has 2 nitrogen and oxygen atoms in total. The van der Waals surface area contributed by atoms with Crippen LogP contribution in [0.2, 0.25) is 0 Å². The molecular weight excluding hydrogens is 351 g/mol. The fourth-order valence-corrected chi connectivity index (χ4v) is 2.67. The topological polar surface area (TPSA) is 26.3 Å². The molecule has 0 fully saturated rings. The highest BCUT2D eigenvalue weighted by Gasteiger charge is 2.18. The summed E-state index contributed by atoms with van der Waals surface area (Å²) in [5.74, 6) is 5.32. The molecule has 0 amide bonds. The molecule has 0 bridgehead atoms. The summed E-state index contributed by atoms with van der Waals surface area (Å²) < 4.78 is 19.6. The Morgan fingerprint density at radius 3 is 2.32 bits per heavy atom. The number of halogens is 1. The molecule has 0 saturated carbocycles. The van der Waals surface area contributed by atoms with Crippen LogP contribution in [0.1, 0.15) is 35.3 Å². The first-order chi connectivity index (χ1) is 13.3. The van der Waals surface area contributed by atoms with Crippen molar-refractivity contribution in [2.24, 2.45) is 0 Å². The number of benzene rings is 3. The second-order valence-electron chi connectivity index (χ2n) is 7.13. The van der Waals surface area contributed by atoms with E-state index in [1.165, 1.54) is 23.8 Å². The molecule has 0 radical (unpaired) electrons. The third kappa shape index (κ3) is 4.66. The smallest absolute Gasteiger partial charge is 0.236 e. The maximum Gasteiger partial charge on any atom is 0.236 e. The van der Waals surface area contributed by atoms with Gasteiger partial charge in [-0.05, 0) is 62.6 Å². The average molecular weight is 372 g/mol. The van der Waals surface area contributed by atoms with Gasteiger partial charge < -0.3 is 4.74 Å². The van der Waals surface area contributed by atoms with Gasteiger partial charge in [-0.25, -0.2) is 4.39 Å². The van der Waals surface area contributed by atoms with Gasteiger partial charge in [0, 0.05) is 5.56 Å². The van der Waals surface area contributed by atoms with Crippen molar-refractivity contribution in [3.63, 3.8) is 0 Å². The van der Waals surface area contributed by atoms with Gasteiger partial charge in [-0.2, -0.15) is 0 Å². The van der Waals surface area contributed by atoms with Crippen molar-refractivity contribution < 1.29 is 13.9 Å². The molecule has 0 unspecified atom stereocenters. The van der Waals surface area contributed by atoms with Crippen LogP contribution in [0.4, 0.5) is 4.39 Å². The zero-order valence-electron chi connectivity index (χ0n) is 16.1. The van der Waals surface area contributed by atoms with Crippen LogP contribution in [0.3, 0.4) is 0 Å². The minimum Gasteiger partial charge on any atom is -0.454 e. The van der Waals surface area contributed by atoms with E-state index in [9.17, 15) is 9.18 Å². The molecule has 28 heavy (non-hydrogen) atoms. The van der Waals surface area contributed by atoms with Crippen LogP contribution in [0.15, 0.2) is 72.8 Å². The number of aryl methyl sites for hydroxylation is 1. The standard InChI is InChI=1S/C25H21FO2/c1-18-9-12-20(13-10-18)25(2,3)16-15-23(27)19-11-14-22(26)24(17-19)28-21-7-5-4-6-8-21/h4-14,17H,1-3H3. The van der Waals surface area contributed by atoms with E-state index < -0.39 is 11.2 Å². The molecule has 0 heterocycles. The van der Waals surface area contributed by atoms with Gasteiger partial charge in [-0.1, -0.05) is 53.9 Å². The van der Waals surface area contributed by atoms with Crippen LogP contribution >= 0.6 is 0 Å². The fraction of sp³-hybridized carbons (Fsp3) is 0.160. The van der Waals surface area contributed by atoms with E-state index in [4.69, 9.17) is 4.74 Å². The molecule has 0 atom stereocenters. The lowest BCUT2D eigenvalue weighted by molar-refractivity contribution is 0.105. The zero-order chi connectivity index (χ0) is 20.1. The molecule has 0 aliphatic heterocycles. The van der Waals surface area contributed by atoms with Gasteiger partial charge in [0.1, 0.15) is 5.75 Å². The van der Waals surface area contributed by atoms with Crippen molar-refractivity contribution in [1.29, 1.82) is 0 Å². The summed E-state index contributed by atoms with van der Waals surface area (Å²) in [7, 11) is 0. The Balaban J connectivity index is 1.82. The van der Waals surface area contributed by atoms with Crippen LogP contribution in [0.5, 0.6) is 11.5 Å². The molecule has 3 aromatic rings. The largest absolute Gasteiger partial charge is 0.454 e. The van der Waals surface area contributed by atoms with Crippen LogP contribution in [-0.2, 0) is 5.41 Å². The number of hydrogen-bond donors (Lipinski definition) is 0. The Kier molecular flexibility index (Phi) is 5.61. The number of ether oxygens (including phenoxy) is 1. The molecule has 3 rings (SSSR count). The van der Waals surface area contributed by atoms with Crippen LogP contribution in [-0.4, -0.2) is 5.78 Å². The normalized spacial score (nSPS) is 10.7. The first-order valence-corrected chi connectivity index (χ1v) is 9.02. The predicted octanol–water partition coefficient (Wildman–Crippen LogP) is 6.09. The van der Waals surface area contributed by atoms with E-state index >= 15 is 0 Å². The van der Waals surface area contributed by atoms with Crippen LogP contribution in [0, 0.1) is 24.6 Å². The first kappa shape index (κ1) is 19.4. The molecule has 3 aromatic carbocycles. The second-order valence-corrected chi connectivity index (χ2v) is 7.13. The Bertz CT molecular complexity index is 1040. The van der Waals surface area contributed by atoms with Crippen molar-refractivity contribution in [2.75, 3.05) is 0 Å². The molecule has 0 saturated heterocycles. The maximum atomic E-state index is 14.1. The van der Waals surface area contributed by atoms with Gasteiger partial charge >= 0.3 is 0 Å². The number of ketones is 1. The highest BCUT2D eigenvalue weighted by atomic mass is 19.1. The molecule has 3 heteroatoms. The predicted molar refractivity (Wildman–Crippen MR) is 109 cm³/mol. The molecular formula is C25H21FO2. The second kappa shape index (κ2) is 8.10. The van der Waals surface area contributed by atoms with Gasteiger partial charge in [-0.3, -0.25) is 4.79 Å². The Morgan fingerprint density at radius 2 is 1.64 bits per heavy atom. The third-order valence-corrected chi connectivity index (χ3v) is 4.43. The number of hydrogen-bond acceptors (Lipinski definition) is 2. The van der Waals surface area contributed by atoms with Crippen molar-refractivity contribution in [2.45, 2.75) is 26.2 Å². The Labute approximate surface area is 165 Å². The number of carbonyl (C=O) groups is 1. The Morgan fingerprint density at radius 1 is 0.964 bits per heavy atom. The van der Waals surface area contributed by atoms with Crippen molar-refractivity contribution in [3.05, 3.63) is 95.3 Å². The SMILES string of the molecule is Cc1ccc(C(C)(C)C#CC(=O)c2ccc(F)c(Oc3ccccc3)c2)cc1. The number of Topliss-reactive ketones (excluding diaryl/α,β-unsaturated/α-hetero) is 1. The summed E-state index contributed by atoms with van der Waals surface area (Å²) >= 11 is 0. The third-order valence-electron chi connectivity index (χ3n) is 4.43. The quantitative estimate of drug-likeness (QED) is 0.315. The average Bonchev–Trinajstić information content (AvgIpc) is 2.69. The summed E-state index contributed by atoms with van der Waals surface area (Å²) in [6, 6.07) is 21.0. The van der Waals surface area contributed by atoms with E-state index in [1.807, 2.05) is 51.1 Å². The number of para-hydroxylation sites is 1. The molecule has 140 valence electrons. The van der Waals surface area contributed by atoms with E-state index in [-0.39, 0.29) is 11.5 Å². The zero-order valence-corrected chi connectivity index (χ0v) is 16.1. The van der Waals surface area contributed by atoms with Crippen molar-refractivity contribution in [3.8, 4) is 23.3 Å². The summed E-state index contributed by atoms with van der Waals surface area (Å²) in [5.41, 5.74) is 2.01. The lowest BCUT2D eigenvalue weighted by atomic mass is 9.85. The summed E-state index contributed by atoms with van der Waals surface area (Å²) in [6.45, 7) is 5.95. The summed E-state index contributed by atoms with van der Waals surface area (Å²) in [6.07, 6.45) is 0. The number of rotatable bonds is 4. The van der Waals surface area contributed by atoms with E-state index in [0.717, 1.165) is 5.56 Å². The minimum absolute atomic E-state index is 0.00311. The van der Waals surface area contributed by atoms with Crippen molar-refractivity contribution in [1.82, 2.24) is 0 Å². The van der Waals surface area contributed by atoms with E-state index in [0.29, 0.717) is 11.3 Å². The van der Waals surface area contributed by atoms with Gasteiger partial charge in [0.15, 0.2) is 11.6 Å². The van der Waals surface area contributed by atoms with Gasteiger partial charge in [0.05, 0.1) is 5.41 Å². The van der Waals surface area contributed by atoms with Crippen LogP contribution < -0.4 is 4.74 Å². The van der Waals surface area contributed by atoms with Crippen molar-refractivity contribution >= 4 is 5.78 Å². The van der Waals surface area contributed by atoms with E-state index in [1.54, 1.807) is 24.3 Å². The Hall–Kier alpha value is -3.38. The van der Waals surface area contributed by atoms with Crippen LogP contribution in [0.25, 0.3) is 0 Å². The number of carbonyl (C=O) groups excluding carboxylic acids is 1. The highest BCUT2D eigenvalue weighted by Crippen LogP contribution is 2.26. The van der Waals surface area contributed by atoms with E-state index in [2.05, 4.69) is 11.8 Å².